The molecule has 0 aromatic heterocycles. The minimum atomic E-state index is -2.32. The molecule has 12 atom stereocenters. The molecular formula is C27H42N2O8. The van der Waals surface area contributed by atoms with Crippen molar-refractivity contribution in [3.63, 3.8) is 0 Å². The molecule has 10 nitrogen and oxygen atoms in total. The Balaban J connectivity index is 1.39. The van der Waals surface area contributed by atoms with E-state index in [-0.39, 0.29) is 54.3 Å². The van der Waals surface area contributed by atoms with Crippen LogP contribution in [0.5, 0.6) is 0 Å². The molecule has 10 heteroatoms. The second kappa shape index (κ2) is 9.97. The molecule has 9 unspecified atom stereocenters. The normalized spacial score (nSPS) is 47.0. The van der Waals surface area contributed by atoms with Crippen LogP contribution in [0.2, 0.25) is 0 Å². The molecule has 1 saturated heterocycles. The smallest absolute Gasteiger partial charge is 0.200 e. The van der Waals surface area contributed by atoms with E-state index in [0.717, 1.165) is 25.8 Å². The molecule has 4 aliphatic carbocycles. The predicted octanol–water partition coefficient (Wildman–Crippen LogP) is -0.0856. The Bertz CT molecular complexity index is 953. The molecular weight excluding hydrogens is 480 g/mol. The van der Waals surface area contributed by atoms with Gasteiger partial charge in [0.25, 0.3) is 0 Å². The van der Waals surface area contributed by atoms with Crippen LogP contribution in [-0.4, -0.2) is 85.9 Å². The molecule has 5 rings (SSSR count). The van der Waals surface area contributed by atoms with Crippen molar-refractivity contribution in [3.05, 3.63) is 11.3 Å². The number of carbonyl (C=O) groups is 2. The highest BCUT2D eigenvalue weighted by Crippen LogP contribution is 2.57. The number of aliphatic hydroxyl groups is 5. The van der Waals surface area contributed by atoms with Crippen LogP contribution in [0.3, 0.4) is 0 Å². The van der Waals surface area contributed by atoms with Crippen molar-refractivity contribution in [2.24, 2.45) is 41.2 Å². The van der Waals surface area contributed by atoms with Gasteiger partial charge in [-0.25, -0.2) is 0 Å². The molecule has 8 N–H and O–H groups in total. The maximum absolute atomic E-state index is 13.9. The Labute approximate surface area is 217 Å². The van der Waals surface area contributed by atoms with Crippen LogP contribution in [0, 0.1) is 35.5 Å². The fourth-order valence-corrected chi connectivity index (χ4v) is 8.28. The zero-order valence-corrected chi connectivity index (χ0v) is 21.6. The molecule has 0 amide bonds. The van der Waals surface area contributed by atoms with Crippen molar-refractivity contribution in [2.75, 3.05) is 6.54 Å². The average molecular weight is 523 g/mol. The van der Waals surface area contributed by atoms with E-state index in [1.807, 2.05) is 0 Å². The third-order valence-electron chi connectivity index (χ3n) is 9.99. The molecule has 5 aliphatic rings. The summed E-state index contributed by atoms with van der Waals surface area (Å²) >= 11 is 0. The maximum atomic E-state index is 13.9. The Morgan fingerprint density at radius 1 is 1.08 bits per heavy atom. The van der Waals surface area contributed by atoms with E-state index in [4.69, 9.17) is 10.5 Å². The number of aliphatic hydroxyl groups excluding tert-OH is 4. The van der Waals surface area contributed by atoms with Crippen LogP contribution < -0.4 is 11.1 Å². The molecule has 37 heavy (non-hydrogen) atoms. The number of carbonyl (C=O) groups excluding carboxylic acids is 2. The summed E-state index contributed by atoms with van der Waals surface area (Å²) in [6.07, 6.45) is -0.435. The fraction of sp³-hybridized carbons (Fsp3) is 0.852. The van der Waals surface area contributed by atoms with Crippen LogP contribution >= 0.6 is 0 Å². The number of ether oxygens (including phenoxy) is 1. The zero-order valence-electron chi connectivity index (χ0n) is 21.6. The molecule has 0 bridgehead atoms. The van der Waals surface area contributed by atoms with E-state index >= 15 is 0 Å². The lowest BCUT2D eigenvalue weighted by Crippen LogP contribution is -2.69. The molecule has 4 fully saturated rings. The summed E-state index contributed by atoms with van der Waals surface area (Å²) < 4.78 is 6.43. The van der Waals surface area contributed by atoms with Crippen LogP contribution in [0.4, 0.5) is 0 Å². The second-order valence-electron chi connectivity index (χ2n) is 12.4. The Morgan fingerprint density at radius 3 is 2.49 bits per heavy atom. The van der Waals surface area contributed by atoms with Gasteiger partial charge >= 0.3 is 0 Å². The SMILES string of the molecule is CC(C)NCC1CCC(C2CCC(O)C3C(=O)C4C(O)[C@]5(O)C(=O)C(C(N)O)=C(O)C[C@@H]5C[C@@H]4CC23)O1. The Kier molecular flexibility index (Phi) is 7.32. The summed E-state index contributed by atoms with van der Waals surface area (Å²) in [6, 6.07) is 0.367. The summed E-state index contributed by atoms with van der Waals surface area (Å²) in [5, 5.41) is 57.4. The molecule has 0 aromatic carbocycles. The summed E-state index contributed by atoms with van der Waals surface area (Å²) in [5.41, 5.74) is 2.62. The van der Waals surface area contributed by atoms with E-state index in [9.17, 15) is 35.1 Å². The first-order valence-corrected chi connectivity index (χ1v) is 13.9. The highest BCUT2D eigenvalue weighted by Gasteiger charge is 2.66. The van der Waals surface area contributed by atoms with Gasteiger partial charge in [-0.3, -0.25) is 9.59 Å². The van der Waals surface area contributed by atoms with Gasteiger partial charge in [-0.05, 0) is 56.3 Å². The summed E-state index contributed by atoms with van der Waals surface area (Å²) in [6.45, 7) is 4.97. The van der Waals surface area contributed by atoms with Gasteiger partial charge in [-0.15, -0.1) is 0 Å². The molecule has 0 spiro atoms. The first kappa shape index (κ1) is 27.2. The van der Waals surface area contributed by atoms with E-state index in [2.05, 4.69) is 19.2 Å². The van der Waals surface area contributed by atoms with Crippen LogP contribution in [0.15, 0.2) is 11.3 Å². The number of fused-ring (bicyclic) bond motifs is 3. The van der Waals surface area contributed by atoms with Gasteiger partial charge in [0.2, 0.25) is 5.78 Å². The van der Waals surface area contributed by atoms with Crippen LogP contribution in [0.25, 0.3) is 0 Å². The van der Waals surface area contributed by atoms with Crippen molar-refractivity contribution in [1.29, 1.82) is 0 Å². The van der Waals surface area contributed by atoms with Gasteiger partial charge in [0, 0.05) is 30.8 Å². The van der Waals surface area contributed by atoms with Crippen LogP contribution in [-0.2, 0) is 14.3 Å². The monoisotopic (exact) mass is 522 g/mol. The highest BCUT2D eigenvalue weighted by atomic mass is 16.5. The third-order valence-corrected chi connectivity index (χ3v) is 9.99. The van der Waals surface area contributed by atoms with Gasteiger partial charge < -0.3 is 41.3 Å². The van der Waals surface area contributed by atoms with Crippen molar-refractivity contribution >= 4 is 11.6 Å². The second-order valence-corrected chi connectivity index (χ2v) is 12.4. The van der Waals surface area contributed by atoms with Crippen molar-refractivity contribution < 1.29 is 39.9 Å². The number of ketones is 2. The molecule has 1 aliphatic heterocycles. The fourth-order valence-electron chi connectivity index (χ4n) is 8.28. The first-order chi connectivity index (χ1) is 17.4. The molecule has 1 heterocycles. The quantitative estimate of drug-likeness (QED) is 0.241. The lowest BCUT2D eigenvalue weighted by Gasteiger charge is -2.57. The van der Waals surface area contributed by atoms with Gasteiger partial charge in [0.15, 0.2) is 5.60 Å². The minimum absolute atomic E-state index is 0.00518. The van der Waals surface area contributed by atoms with E-state index < -0.39 is 53.1 Å². The van der Waals surface area contributed by atoms with Crippen molar-refractivity contribution in [1.82, 2.24) is 5.32 Å². The number of nitrogens with one attached hydrogen (secondary N) is 1. The van der Waals surface area contributed by atoms with Crippen molar-refractivity contribution in [3.8, 4) is 0 Å². The lowest BCUT2D eigenvalue weighted by atomic mass is 9.49. The minimum Gasteiger partial charge on any atom is -0.512 e. The number of rotatable bonds is 5. The van der Waals surface area contributed by atoms with Gasteiger partial charge in [0.1, 0.15) is 23.9 Å². The number of allylic oxidation sites excluding steroid dienone is 1. The molecule has 3 saturated carbocycles. The van der Waals surface area contributed by atoms with E-state index in [1.54, 1.807) is 0 Å². The summed E-state index contributed by atoms with van der Waals surface area (Å²) in [5.74, 6) is -4.52. The largest absolute Gasteiger partial charge is 0.512 e. The van der Waals surface area contributed by atoms with Gasteiger partial charge in [-0.2, -0.15) is 0 Å². The summed E-state index contributed by atoms with van der Waals surface area (Å²) in [4.78, 5) is 27.1. The predicted molar refractivity (Wildman–Crippen MR) is 132 cm³/mol. The Hall–Kier alpha value is -1.40. The average Bonchev–Trinajstić information content (AvgIpc) is 3.28. The third kappa shape index (κ3) is 4.38. The van der Waals surface area contributed by atoms with E-state index in [1.165, 1.54) is 0 Å². The number of nitrogens with two attached hydrogens (primary N) is 1. The molecule has 208 valence electrons. The number of Topliss-reactive ketones (excluding diaryl/α,β-unsaturated/α-hetero) is 2. The van der Waals surface area contributed by atoms with Crippen LogP contribution in [0.1, 0.15) is 58.8 Å². The standard InChI is InChI=1S/C27H42N2O8/c1-11(2)29-10-14-3-6-19(37-14)15-4-5-17(30)21-16(15)8-12-7-13-9-18(31)22(26(28)35)25(34)27(13,36)24(33)20(12)23(21)32/h11-17,19-21,24,26,29-31,33,35-36H,3-10,28H2,1-2H3/t12-,13+,14?,15?,16?,17?,19?,20?,21?,24?,26?,27+/m1/s1. The molecule has 0 aromatic rings. The van der Waals surface area contributed by atoms with Gasteiger partial charge in [0.05, 0.1) is 29.8 Å². The molecule has 0 radical (unpaired) electrons. The van der Waals surface area contributed by atoms with Gasteiger partial charge in [-0.1, -0.05) is 13.8 Å². The maximum Gasteiger partial charge on any atom is 0.200 e. The van der Waals surface area contributed by atoms with E-state index in [0.29, 0.717) is 18.9 Å². The highest BCUT2D eigenvalue weighted by molar-refractivity contribution is 6.05. The van der Waals surface area contributed by atoms with Crippen molar-refractivity contribution in [2.45, 2.75) is 101 Å². The topological polar surface area (TPSA) is 183 Å². The first-order valence-electron chi connectivity index (χ1n) is 13.9. The lowest BCUT2D eigenvalue weighted by molar-refractivity contribution is -0.204. The number of hydrogen-bond donors (Lipinski definition) is 7. The summed E-state index contributed by atoms with van der Waals surface area (Å²) in [7, 11) is 0. The zero-order chi connectivity index (χ0) is 26.8. The Morgan fingerprint density at radius 2 is 1.81 bits per heavy atom. The number of hydrogen-bond acceptors (Lipinski definition) is 10.